The predicted octanol–water partition coefficient (Wildman–Crippen LogP) is 0.544. The third-order valence-corrected chi connectivity index (χ3v) is 1.70. The second kappa shape index (κ2) is 3.61. The van der Waals surface area contributed by atoms with E-state index < -0.39 is 23.8 Å². The standard InChI is InChI=1S/C6H2F4N6O/c7-4-3(6(8,9)10)16(14-12-4)5(17)15-2-1-11-13-15/h1-2H. The lowest BCUT2D eigenvalue weighted by molar-refractivity contribution is -0.145. The van der Waals surface area contributed by atoms with Gasteiger partial charge in [-0.25, -0.2) is 4.79 Å². The monoisotopic (exact) mass is 250 g/mol. The molecule has 0 unspecified atom stereocenters. The molecule has 0 saturated carbocycles. The van der Waals surface area contributed by atoms with Gasteiger partial charge in [-0.1, -0.05) is 15.5 Å². The van der Waals surface area contributed by atoms with E-state index in [1.165, 1.54) is 0 Å². The van der Waals surface area contributed by atoms with E-state index in [0.717, 1.165) is 12.4 Å². The summed E-state index contributed by atoms with van der Waals surface area (Å²) < 4.78 is 50.2. The number of aromatic nitrogens is 6. The first-order valence-corrected chi connectivity index (χ1v) is 4.00. The minimum Gasteiger partial charge on any atom is -0.243 e. The Morgan fingerprint density at radius 2 is 2.00 bits per heavy atom. The third kappa shape index (κ3) is 1.86. The molecule has 0 amide bonds. The van der Waals surface area contributed by atoms with Crippen LogP contribution in [0.3, 0.4) is 0 Å². The summed E-state index contributed by atoms with van der Waals surface area (Å²) >= 11 is 0. The van der Waals surface area contributed by atoms with Gasteiger partial charge in [-0.3, -0.25) is 0 Å². The van der Waals surface area contributed by atoms with Crippen LogP contribution in [0.2, 0.25) is 0 Å². The average Bonchev–Trinajstić information content (AvgIpc) is 2.83. The van der Waals surface area contributed by atoms with Crippen LogP contribution in [0.1, 0.15) is 5.69 Å². The molecule has 90 valence electrons. The smallest absolute Gasteiger partial charge is 0.243 e. The number of halogens is 4. The number of hydrogen-bond acceptors (Lipinski definition) is 5. The van der Waals surface area contributed by atoms with Crippen LogP contribution in [-0.2, 0) is 6.18 Å². The summed E-state index contributed by atoms with van der Waals surface area (Å²) in [7, 11) is 0. The lowest BCUT2D eigenvalue weighted by atomic mass is 10.4. The highest BCUT2D eigenvalue weighted by Gasteiger charge is 2.42. The van der Waals surface area contributed by atoms with E-state index in [0.29, 0.717) is 4.68 Å². The van der Waals surface area contributed by atoms with Crippen LogP contribution < -0.4 is 0 Å². The summed E-state index contributed by atoms with van der Waals surface area (Å²) in [5, 5.41) is 11.7. The molecule has 0 aliphatic carbocycles. The van der Waals surface area contributed by atoms with Crippen molar-refractivity contribution in [3.8, 4) is 0 Å². The van der Waals surface area contributed by atoms with Gasteiger partial charge in [0.15, 0.2) is 0 Å². The van der Waals surface area contributed by atoms with Crippen LogP contribution in [0, 0.1) is 5.95 Å². The zero-order chi connectivity index (χ0) is 12.6. The van der Waals surface area contributed by atoms with E-state index in [-0.39, 0.29) is 4.68 Å². The van der Waals surface area contributed by atoms with Crippen LogP contribution in [0.15, 0.2) is 12.4 Å². The van der Waals surface area contributed by atoms with Crippen molar-refractivity contribution < 1.29 is 22.4 Å². The molecule has 0 bridgehead atoms. The second-order valence-corrected chi connectivity index (χ2v) is 2.77. The van der Waals surface area contributed by atoms with E-state index in [1.54, 1.807) is 0 Å². The van der Waals surface area contributed by atoms with Crippen LogP contribution in [-0.4, -0.2) is 36.0 Å². The first kappa shape index (κ1) is 11.2. The lowest BCUT2D eigenvalue weighted by Crippen LogP contribution is -2.27. The Hall–Kier alpha value is -2.33. The molecule has 0 radical (unpaired) electrons. The summed E-state index contributed by atoms with van der Waals surface area (Å²) in [6, 6.07) is -1.34. The maximum Gasteiger partial charge on any atom is 0.438 e. The Labute approximate surface area is 89.6 Å². The Morgan fingerprint density at radius 3 is 2.53 bits per heavy atom. The lowest BCUT2D eigenvalue weighted by Gasteiger charge is -2.06. The molecule has 7 nitrogen and oxygen atoms in total. The fourth-order valence-electron chi connectivity index (χ4n) is 1.04. The second-order valence-electron chi connectivity index (χ2n) is 2.77. The van der Waals surface area contributed by atoms with Crippen LogP contribution in [0.4, 0.5) is 22.4 Å². The molecule has 2 aromatic heterocycles. The third-order valence-electron chi connectivity index (χ3n) is 1.70. The molecule has 0 N–H and O–H groups in total. The minimum atomic E-state index is -5.09. The van der Waals surface area contributed by atoms with Crippen molar-refractivity contribution in [2.45, 2.75) is 6.18 Å². The summed E-state index contributed by atoms with van der Waals surface area (Å²) in [5.74, 6) is -1.88. The molecule has 11 heteroatoms. The van der Waals surface area contributed by atoms with Gasteiger partial charge < -0.3 is 0 Å². The molecule has 0 atom stereocenters. The maximum atomic E-state index is 12.8. The summed E-state index contributed by atoms with van der Waals surface area (Å²) in [6.45, 7) is 0. The van der Waals surface area contributed by atoms with Crippen molar-refractivity contribution in [2.75, 3.05) is 0 Å². The quantitative estimate of drug-likeness (QED) is 0.638. The molecule has 2 heterocycles. The minimum absolute atomic E-state index is 0.232. The highest BCUT2D eigenvalue weighted by Crippen LogP contribution is 2.30. The van der Waals surface area contributed by atoms with Crippen molar-refractivity contribution in [3.63, 3.8) is 0 Å². The van der Waals surface area contributed by atoms with Gasteiger partial charge in [-0.05, 0) is 0 Å². The van der Waals surface area contributed by atoms with Gasteiger partial charge in [0.2, 0.25) is 5.69 Å². The van der Waals surface area contributed by atoms with Crippen LogP contribution in [0.5, 0.6) is 0 Å². The van der Waals surface area contributed by atoms with Gasteiger partial charge in [-0.15, -0.1) is 5.10 Å². The molecule has 2 rings (SSSR count). The van der Waals surface area contributed by atoms with Gasteiger partial charge in [0.05, 0.1) is 12.4 Å². The van der Waals surface area contributed by atoms with Crippen molar-refractivity contribution in [1.29, 1.82) is 0 Å². The van der Waals surface area contributed by atoms with E-state index in [1.807, 2.05) is 0 Å². The molecule has 0 spiro atoms. The van der Waals surface area contributed by atoms with E-state index in [9.17, 15) is 22.4 Å². The van der Waals surface area contributed by atoms with Crippen molar-refractivity contribution >= 4 is 6.03 Å². The normalized spacial score (nSPS) is 11.8. The van der Waals surface area contributed by atoms with Gasteiger partial charge >= 0.3 is 12.2 Å². The van der Waals surface area contributed by atoms with Gasteiger partial charge in [-0.2, -0.15) is 26.9 Å². The molecule has 0 aliphatic heterocycles. The average molecular weight is 250 g/mol. The maximum absolute atomic E-state index is 12.8. The summed E-state index contributed by atoms with van der Waals surface area (Å²) in [4.78, 5) is 11.4. The Balaban J connectivity index is 2.51. The fourth-order valence-corrected chi connectivity index (χ4v) is 1.04. The zero-order valence-corrected chi connectivity index (χ0v) is 7.76. The fraction of sp³-hybridized carbons (Fsp3) is 0.167. The number of hydrogen-bond donors (Lipinski definition) is 0. The summed E-state index contributed by atoms with van der Waals surface area (Å²) in [5.41, 5.74) is -1.89. The molecular formula is C6H2F4N6O. The van der Waals surface area contributed by atoms with Gasteiger partial charge in [0.25, 0.3) is 5.95 Å². The molecule has 17 heavy (non-hydrogen) atoms. The highest BCUT2D eigenvalue weighted by atomic mass is 19.4. The van der Waals surface area contributed by atoms with E-state index in [2.05, 4.69) is 20.6 Å². The molecular weight excluding hydrogens is 248 g/mol. The molecule has 2 aromatic rings. The Kier molecular flexibility index (Phi) is 2.37. The van der Waals surface area contributed by atoms with E-state index in [4.69, 9.17) is 0 Å². The van der Waals surface area contributed by atoms with Crippen molar-refractivity contribution in [2.24, 2.45) is 0 Å². The van der Waals surface area contributed by atoms with Crippen LogP contribution >= 0.6 is 0 Å². The summed E-state index contributed by atoms with van der Waals surface area (Å²) in [6.07, 6.45) is -3.04. The van der Waals surface area contributed by atoms with Gasteiger partial charge in [0, 0.05) is 0 Å². The largest absolute Gasteiger partial charge is 0.438 e. The molecule has 0 aromatic carbocycles. The molecule has 0 saturated heterocycles. The SMILES string of the molecule is O=C(n1ccnn1)n1nnc(F)c1C(F)(F)F. The van der Waals surface area contributed by atoms with Crippen LogP contribution in [0.25, 0.3) is 0 Å². The first-order valence-electron chi connectivity index (χ1n) is 4.00. The zero-order valence-electron chi connectivity index (χ0n) is 7.76. The Morgan fingerprint density at radius 1 is 1.29 bits per heavy atom. The number of rotatable bonds is 0. The topological polar surface area (TPSA) is 78.5 Å². The molecule has 0 fully saturated rings. The van der Waals surface area contributed by atoms with E-state index >= 15 is 0 Å². The first-order chi connectivity index (χ1) is 7.91. The number of carbonyl (C=O) groups excluding carboxylic acids is 1. The Bertz CT molecular complexity index is 543. The number of alkyl halides is 3. The molecule has 0 aliphatic rings. The van der Waals surface area contributed by atoms with Crippen molar-refractivity contribution in [3.05, 3.63) is 24.0 Å². The predicted molar refractivity (Wildman–Crippen MR) is 41.2 cm³/mol. The number of carbonyl (C=O) groups is 1. The number of nitrogens with zero attached hydrogens (tertiary/aromatic N) is 6. The van der Waals surface area contributed by atoms with Gasteiger partial charge in [0.1, 0.15) is 0 Å². The highest BCUT2D eigenvalue weighted by molar-refractivity contribution is 5.77. The van der Waals surface area contributed by atoms with Crippen molar-refractivity contribution in [1.82, 2.24) is 30.0 Å².